The number of hydrogen-bond acceptors (Lipinski definition) is 5. The van der Waals surface area contributed by atoms with Gasteiger partial charge in [0.2, 0.25) is 11.8 Å². The molecule has 2 heterocycles. The number of methoxy groups -OCH3 is 1. The van der Waals surface area contributed by atoms with Gasteiger partial charge >= 0.3 is 0 Å². The van der Waals surface area contributed by atoms with Gasteiger partial charge in [-0.1, -0.05) is 0 Å². The Hall–Kier alpha value is -1.18. The third kappa shape index (κ3) is 3.47. The highest BCUT2D eigenvalue weighted by Crippen LogP contribution is 2.36. The summed E-state index contributed by atoms with van der Waals surface area (Å²) in [4.78, 5) is 24.7. The molecule has 0 aliphatic carbocycles. The lowest BCUT2D eigenvalue weighted by molar-refractivity contribution is -0.135. The molecule has 0 radical (unpaired) electrons. The van der Waals surface area contributed by atoms with Gasteiger partial charge in [-0.15, -0.1) is 0 Å². The quantitative estimate of drug-likeness (QED) is 0.713. The van der Waals surface area contributed by atoms with E-state index in [1.165, 1.54) is 7.11 Å². The molecule has 7 nitrogen and oxygen atoms in total. The van der Waals surface area contributed by atoms with Gasteiger partial charge in [0.05, 0.1) is 18.3 Å². The van der Waals surface area contributed by atoms with E-state index in [-0.39, 0.29) is 36.7 Å². The van der Waals surface area contributed by atoms with E-state index in [9.17, 15) is 9.59 Å². The average molecular weight is 286 g/mol. The van der Waals surface area contributed by atoms with Crippen LogP contribution in [0.3, 0.4) is 0 Å². The maximum atomic E-state index is 11.8. The van der Waals surface area contributed by atoms with Gasteiger partial charge in [-0.3, -0.25) is 9.59 Å². The van der Waals surface area contributed by atoms with Crippen LogP contribution in [0.4, 0.5) is 0 Å². The SMILES string of the molecule is CNC(=O)CO[C@H]1CO[C@]2(CCN(C(=O)COC)C2)C1. The van der Waals surface area contributed by atoms with Gasteiger partial charge in [-0.2, -0.15) is 0 Å². The van der Waals surface area contributed by atoms with Crippen molar-refractivity contribution in [1.82, 2.24) is 10.2 Å². The van der Waals surface area contributed by atoms with Gasteiger partial charge in [0.25, 0.3) is 0 Å². The van der Waals surface area contributed by atoms with Crippen molar-refractivity contribution in [2.24, 2.45) is 0 Å². The van der Waals surface area contributed by atoms with E-state index >= 15 is 0 Å². The van der Waals surface area contributed by atoms with Gasteiger partial charge in [-0.25, -0.2) is 0 Å². The van der Waals surface area contributed by atoms with Crippen LogP contribution < -0.4 is 5.32 Å². The number of nitrogens with zero attached hydrogens (tertiary/aromatic N) is 1. The number of rotatable bonds is 5. The number of likely N-dealkylation sites (N-methyl/N-ethyl adjacent to an activating group) is 1. The minimum atomic E-state index is -0.309. The van der Waals surface area contributed by atoms with Gasteiger partial charge < -0.3 is 24.4 Å². The van der Waals surface area contributed by atoms with Crippen molar-refractivity contribution >= 4 is 11.8 Å². The largest absolute Gasteiger partial charge is 0.375 e. The molecule has 0 aromatic rings. The second-order valence-corrected chi connectivity index (χ2v) is 5.30. The highest BCUT2D eigenvalue weighted by atomic mass is 16.6. The molecule has 0 aromatic heterocycles. The van der Waals surface area contributed by atoms with Crippen LogP contribution in [0.2, 0.25) is 0 Å². The van der Waals surface area contributed by atoms with Gasteiger partial charge in [0.15, 0.2) is 0 Å². The Balaban J connectivity index is 1.80. The number of carbonyl (C=O) groups excluding carboxylic acids is 2. The van der Waals surface area contributed by atoms with Crippen LogP contribution in [0.1, 0.15) is 12.8 Å². The maximum absolute atomic E-state index is 11.8. The van der Waals surface area contributed by atoms with Crippen LogP contribution in [0, 0.1) is 0 Å². The van der Waals surface area contributed by atoms with Crippen LogP contribution in [-0.2, 0) is 23.8 Å². The monoisotopic (exact) mass is 286 g/mol. The van der Waals surface area contributed by atoms with Crippen molar-refractivity contribution in [2.75, 3.05) is 47.1 Å². The van der Waals surface area contributed by atoms with Gasteiger partial charge in [-0.05, 0) is 6.42 Å². The molecular weight excluding hydrogens is 264 g/mol. The second kappa shape index (κ2) is 6.51. The molecule has 20 heavy (non-hydrogen) atoms. The first-order valence-electron chi connectivity index (χ1n) is 6.81. The minimum Gasteiger partial charge on any atom is -0.375 e. The number of likely N-dealkylation sites (tertiary alicyclic amines) is 1. The standard InChI is InChI=1S/C13H22N2O5/c1-14-11(16)7-19-10-5-13(20-6-10)3-4-15(9-13)12(17)8-18-2/h10H,3-9H2,1-2H3,(H,14,16)/t10-,13-/m1/s1. The van der Waals surface area contributed by atoms with Crippen molar-refractivity contribution in [3.63, 3.8) is 0 Å². The van der Waals surface area contributed by atoms with E-state index in [4.69, 9.17) is 14.2 Å². The van der Waals surface area contributed by atoms with Crippen LogP contribution >= 0.6 is 0 Å². The maximum Gasteiger partial charge on any atom is 0.248 e. The first-order chi connectivity index (χ1) is 9.58. The molecule has 0 aromatic carbocycles. The molecule has 1 N–H and O–H groups in total. The Morgan fingerprint density at radius 2 is 2.25 bits per heavy atom. The molecule has 2 rings (SSSR count). The molecular formula is C13H22N2O5. The molecule has 2 saturated heterocycles. The van der Waals surface area contributed by atoms with Gasteiger partial charge in [0, 0.05) is 33.7 Å². The predicted molar refractivity (Wildman–Crippen MR) is 70.2 cm³/mol. The molecule has 114 valence electrons. The van der Waals surface area contributed by atoms with Crippen LogP contribution in [-0.4, -0.2) is 75.5 Å². The molecule has 2 aliphatic rings. The Bertz CT molecular complexity index is 376. The molecule has 2 fully saturated rings. The smallest absolute Gasteiger partial charge is 0.248 e. The van der Waals surface area contributed by atoms with E-state index in [2.05, 4.69) is 5.32 Å². The molecule has 2 aliphatic heterocycles. The lowest BCUT2D eigenvalue weighted by Gasteiger charge is -2.23. The zero-order chi connectivity index (χ0) is 14.6. The summed E-state index contributed by atoms with van der Waals surface area (Å²) in [5.41, 5.74) is -0.309. The second-order valence-electron chi connectivity index (χ2n) is 5.30. The van der Waals surface area contributed by atoms with Crippen LogP contribution in [0.25, 0.3) is 0 Å². The van der Waals surface area contributed by atoms with Crippen molar-refractivity contribution in [3.8, 4) is 0 Å². The highest BCUT2D eigenvalue weighted by Gasteiger charge is 2.47. The Morgan fingerprint density at radius 1 is 1.45 bits per heavy atom. The number of amides is 2. The summed E-state index contributed by atoms with van der Waals surface area (Å²) in [6, 6.07) is 0. The van der Waals surface area contributed by atoms with Crippen molar-refractivity contribution < 1.29 is 23.8 Å². The van der Waals surface area contributed by atoms with E-state index in [1.807, 2.05) is 0 Å². The van der Waals surface area contributed by atoms with E-state index in [0.29, 0.717) is 19.7 Å². The predicted octanol–water partition coefficient (Wildman–Crippen LogP) is -0.845. The highest BCUT2D eigenvalue weighted by molar-refractivity contribution is 5.78. The van der Waals surface area contributed by atoms with Crippen molar-refractivity contribution in [2.45, 2.75) is 24.5 Å². The fraction of sp³-hybridized carbons (Fsp3) is 0.846. The number of carbonyl (C=O) groups is 2. The first-order valence-corrected chi connectivity index (χ1v) is 6.81. The summed E-state index contributed by atoms with van der Waals surface area (Å²) in [6.07, 6.45) is 1.45. The lowest BCUT2D eigenvalue weighted by Crippen LogP contribution is -2.37. The fourth-order valence-corrected chi connectivity index (χ4v) is 2.73. The fourth-order valence-electron chi connectivity index (χ4n) is 2.73. The summed E-state index contributed by atoms with van der Waals surface area (Å²) in [5.74, 6) is -0.156. The van der Waals surface area contributed by atoms with Crippen molar-refractivity contribution in [3.05, 3.63) is 0 Å². The zero-order valence-electron chi connectivity index (χ0n) is 12.0. The van der Waals surface area contributed by atoms with Gasteiger partial charge in [0.1, 0.15) is 13.2 Å². The molecule has 2 atom stereocenters. The molecule has 0 bridgehead atoms. The normalized spacial score (nSPS) is 29.1. The van der Waals surface area contributed by atoms with E-state index in [0.717, 1.165) is 12.8 Å². The molecule has 7 heteroatoms. The molecule has 0 saturated carbocycles. The average Bonchev–Trinajstić information content (AvgIpc) is 3.04. The Kier molecular flexibility index (Phi) is 4.95. The van der Waals surface area contributed by atoms with Crippen molar-refractivity contribution in [1.29, 1.82) is 0 Å². The summed E-state index contributed by atoms with van der Waals surface area (Å²) in [6.45, 7) is 1.89. The summed E-state index contributed by atoms with van der Waals surface area (Å²) >= 11 is 0. The summed E-state index contributed by atoms with van der Waals surface area (Å²) in [5, 5.41) is 2.51. The lowest BCUT2D eigenvalue weighted by atomic mass is 9.98. The van der Waals surface area contributed by atoms with Crippen LogP contribution in [0.5, 0.6) is 0 Å². The third-order valence-corrected chi connectivity index (χ3v) is 3.84. The molecule has 1 spiro atoms. The third-order valence-electron chi connectivity index (χ3n) is 3.84. The Morgan fingerprint density at radius 3 is 2.95 bits per heavy atom. The number of hydrogen-bond donors (Lipinski definition) is 1. The first kappa shape index (κ1) is 15.2. The molecule has 0 unspecified atom stereocenters. The van der Waals surface area contributed by atoms with E-state index in [1.54, 1.807) is 11.9 Å². The van der Waals surface area contributed by atoms with E-state index < -0.39 is 0 Å². The topological polar surface area (TPSA) is 77.1 Å². The zero-order valence-corrected chi connectivity index (χ0v) is 12.0. The summed E-state index contributed by atoms with van der Waals surface area (Å²) in [7, 11) is 3.09. The number of nitrogens with one attached hydrogen (secondary N) is 1. The minimum absolute atomic E-state index is 0.0114. The van der Waals surface area contributed by atoms with Crippen LogP contribution in [0.15, 0.2) is 0 Å². The molecule has 2 amide bonds. The number of ether oxygens (including phenoxy) is 3. The summed E-state index contributed by atoms with van der Waals surface area (Å²) < 4.78 is 16.2. The Labute approximate surface area is 118 Å².